The monoisotopic (exact) mass is 365 g/mol. The van der Waals surface area contributed by atoms with Crippen LogP contribution in [-0.2, 0) is 21.4 Å². The van der Waals surface area contributed by atoms with Gasteiger partial charge >= 0.3 is 0 Å². The van der Waals surface area contributed by atoms with E-state index in [1.54, 1.807) is 0 Å². The third-order valence-electron chi connectivity index (χ3n) is 4.09. The Morgan fingerprint density at radius 3 is 2.62 bits per heavy atom. The van der Waals surface area contributed by atoms with Crippen molar-refractivity contribution in [3.63, 3.8) is 0 Å². The van der Waals surface area contributed by atoms with Gasteiger partial charge in [0.25, 0.3) is 0 Å². The van der Waals surface area contributed by atoms with Crippen molar-refractivity contribution < 1.29 is 26.3 Å². The molecule has 1 heterocycles. The third kappa shape index (κ3) is 4.70. The number of benzene rings is 1. The Balaban J connectivity index is 1.93. The van der Waals surface area contributed by atoms with Gasteiger partial charge in [-0.15, -0.1) is 0 Å². The predicted octanol–water partition coefficient (Wildman–Crippen LogP) is 3.21. The second-order valence-corrected chi connectivity index (χ2v) is 7.99. The van der Waals surface area contributed by atoms with E-state index in [1.165, 1.54) is 4.31 Å². The smallest absolute Gasteiger partial charge is 0.214 e. The Morgan fingerprint density at radius 1 is 1.21 bits per heavy atom. The van der Waals surface area contributed by atoms with Crippen molar-refractivity contribution in [3.8, 4) is 0 Å². The topological polar surface area (TPSA) is 46.6 Å². The van der Waals surface area contributed by atoms with Crippen LogP contribution in [0.2, 0.25) is 0 Å². The molecular formula is C16H22F3NO3S. The van der Waals surface area contributed by atoms with Gasteiger partial charge in [0, 0.05) is 24.2 Å². The van der Waals surface area contributed by atoms with Crippen LogP contribution in [0.15, 0.2) is 12.1 Å². The van der Waals surface area contributed by atoms with Gasteiger partial charge in [-0.2, -0.15) is 4.31 Å². The third-order valence-corrected chi connectivity index (χ3v) is 6.09. The van der Waals surface area contributed by atoms with E-state index in [4.69, 9.17) is 4.74 Å². The molecule has 0 amide bonds. The van der Waals surface area contributed by atoms with Crippen molar-refractivity contribution in [2.75, 3.05) is 18.9 Å². The molecule has 1 saturated heterocycles. The standard InChI is InChI=1S/C16H22F3NO3S/c1-2-3-7-24(21,22)20-6-4-5-13(20)11-23-10-12-8-15(18)16(19)9-14(12)17/h8-9,13H,2-7,10-11H2,1H3/t13-/m0/s1. The number of hydrogen-bond donors (Lipinski definition) is 0. The lowest BCUT2D eigenvalue weighted by molar-refractivity contribution is 0.0852. The molecule has 4 nitrogen and oxygen atoms in total. The highest BCUT2D eigenvalue weighted by atomic mass is 32.2. The molecule has 0 saturated carbocycles. The normalized spacial score (nSPS) is 19.1. The Kier molecular flexibility index (Phi) is 6.65. The van der Waals surface area contributed by atoms with Crippen LogP contribution < -0.4 is 0 Å². The van der Waals surface area contributed by atoms with E-state index >= 15 is 0 Å². The molecule has 1 atom stereocenters. The first-order valence-electron chi connectivity index (χ1n) is 8.06. The summed E-state index contributed by atoms with van der Waals surface area (Å²) in [6.07, 6.45) is 2.82. The first-order chi connectivity index (χ1) is 11.3. The van der Waals surface area contributed by atoms with Crippen molar-refractivity contribution in [3.05, 3.63) is 35.1 Å². The fourth-order valence-corrected chi connectivity index (χ4v) is 4.68. The van der Waals surface area contributed by atoms with Crippen LogP contribution in [0.4, 0.5) is 13.2 Å². The fourth-order valence-electron chi connectivity index (χ4n) is 2.77. The highest BCUT2D eigenvalue weighted by Crippen LogP contribution is 2.23. The zero-order valence-electron chi connectivity index (χ0n) is 13.6. The maximum Gasteiger partial charge on any atom is 0.214 e. The molecule has 1 aliphatic heterocycles. The summed E-state index contributed by atoms with van der Waals surface area (Å²) in [6, 6.07) is 0.945. The minimum atomic E-state index is -3.32. The minimum Gasteiger partial charge on any atom is -0.375 e. The molecule has 0 N–H and O–H groups in total. The molecule has 8 heteroatoms. The molecule has 2 rings (SSSR count). The van der Waals surface area contributed by atoms with Gasteiger partial charge in [-0.25, -0.2) is 21.6 Å². The van der Waals surface area contributed by atoms with Crippen LogP contribution in [0.1, 0.15) is 38.2 Å². The molecule has 1 aromatic rings. The second-order valence-electron chi connectivity index (χ2n) is 5.95. The lowest BCUT2D eigenvalue weighted by atomic mass is 10.2. The number of nitrogens with zero attached hydrogens (tertiary/aromatic N) is 1. The molecule has 0 radical (unpaired) electrons. The van der Waals surface area contributed by atoms with Crippen LogP contribution in [0.25, 0.3) is 0 Å². The highest BCUT2D eigenvalue weighted by molar-refractivity contribution is 7.89. The van der Waals surface area contributed by atoms with Gasteiger partial charge in [-0.3, -0.25) is 0 Å². The van der Waals surface area contributed by atoms with Crippen molar-refractivity contribution in [1.29, 1.82) is 0 Å². The number of hydrogen-bond acceptors (Lipinski definition) is 3. The molecule has 1 aromatic carbocycles. The first-order valence-corrected chi connectivity index (χ1v) is 9.66. The molecule has 0 unspecified atom stereocenters. The van der Waals surface area contributed by atoms with E-state index in [1.807, 2.05) is 6.92 Å². The average Bonchev–Trinajstić information content (AvgIpc) is 3.00. The van der Waals surface area contributed by atoms with Gasteiger partial charge in [-0.1, -0.05) is 13.3 Å². The molecule has 0 spiro atoms. The van der Waals surface area contributed by atoms with Crippen molar-refractivity contribution in [2.24, 2.45) is 0 Å². The van der Waals surface area contributed by atoms with Gasteiger partial charge in [-0.05, 0) is 25.3 Å². The van der Waals surface area contributed by atoms with Crippen molar-refractivity contribution in [1.82, 2.24) is 4.31 Å². The summed E-state index contributed by atoms with van der Waals surface area (Å²) in [5.41, 5.74) is -0.0905. The van der Waals surface area contributed by atoms with E-state index in [9.17, 15) is 21.6 Å². The number of sulfonamides is 1. The molecule has 136 valence electrons. The Bertz CT molecular complexity index is 667. The van der Waals surface area contributed by atoms with Gasteiger partial charge < -0.3 is 4.74 Å². The molecule has 1 aliphatic rings. The number of rotatable bonds is 8. The zero-order chi connectivity index (χ0) is 17.7. The van der Waals surface area contributed by atoms with Gasteiger partial charge in [0.1, 0.15) is 5.82 Å². The van der Waals surface area contributed by atoms with Gasteiger partial charge in [0.15, 0.2) is 11.6 Å². The summed E-state index contributed by atoms with van der Waals surface area (Å²) in [5, 5.41) is 0. The lowest BCUT2D eigenvalue weighted by Gasteiger charge is -2.24. The summed E-state index contributed by atoms with van der Waals surface area (Å²) in [6.45, 7) is 2.25. The summed E-state index contributed by atoms with van der Waals surface area (Å²) in [4.78, 5) is 0. The van der Waals surface area contributed by atoms with Crippen LogP contribution >= 0.6 is 0 Å². The van der Waals surface area contributed by atoms with E-state index in [0.717, 1.165) is 18.9 Å². The predicted molar refractivity (Wildman–Crippen MR) is 84.4 cm³/mol. The van der Waals surface area contributed by atoms with Gasteiger partial charge in [0.05, 0.1) is 19.0 Å². The van der Waals surface area contributed by atoms with Crippen molar-refractivity contribution >= 4 is 10.0 Å². The number of ether oxygens (including phenoxy) is 1. The zero-order valence-corrected chi connectivity index (χ0v) is 14.4. The lowest BCUT2D eigenvalue weighted by Crippen LogP contribution is -2.39. The quantitative estimate of drug-likeness (QED) is 0.665. The number of halogens is 3. The molecule has 0 aliphatic carbocycles. The van der Waals surface area contributed by atoms with E-state index < -0.39 is 27.5 Å². The van der Waals surface area contributed by atoms with Gasteiger partial charge in [0.2, 0.25) is 10.0 Å². The number of unbranched alkanes of at least 4 members (excludes halogenated alkanes) is 1. The van der Waals surface area contributed by atoms with Crippen LogP contribution in [0, 0.1) is 17.5 Å². The van der Waals surface area contributed by atoms with E-state index in [2.05, 4.69) is 0 Å². The average molecular weight is 365 g/mol. The molecular weight excluding hydrogens is 343 g/mol. The Hall–Kier alpha value is -1.12. The Labute approximate surface area is 140 Å². The fraction of sp³-hybridized carbons (Fsp3) is 0.625. The summed E-state index contributed by atoms with van der Waals surface area (Å²) >= 11 is 0. The van der Waals surface area contributed by atoms with Crippen LogP contribution in [-0.4, -0.2) is 37.7 Å². The Morgan fingerprint density at radius 2 is 1.92 bits per heavy atom. The molecule has 0 bridgehead atoms. The second kappa shape index (κ2) is 8.31. The van der Waals surface area contributed by atoms with E-state index in [0.29, 0.717) is 25.5 Å². The van der Waals surface area contributed by atoms with E-state index in [-0.39, 0.29) is 30.6 Å². The maximum absolute atomic E-state index is 13.5. The van der Waals surface area contributed by atoms with Crippen LogP contribution in [0.5, 0.6) is 0 Å². The first kappa shape index (κ1) is 19.2. The summed E-state index contributed by atoms with van der Waals surface area (Å²) in [7, 11) is -3.32. The minimum absolute atomic E-state index is 0.0905. The van der Waals surface area contributed by atoms with Crippen molar-refractivity contribution in [2.45, 2.75) is 45.3 Å². The maximum atomic E-state index is 13.5. The largest absolute Gasteiger partial charge is 0.375 e. The highest BCUT2D eigenvalue weighted by Gasteiger charge is 2.33. The molecule has 0 aromatic heterocycles. The summed E-state index contributed by atoms with van der Waals surface area (Å²) in [5.74, 6) is -3.16. The summed E-state index contributed by atoms with van der Waals surface area (Å²) < 4.78 is 71.0. The van der Waals surface area contributed by atoms with Crippen LogP contribution in [0.3, 0.4) is 0 Å². The molecule has 1 fully saturated rings. The molecule has 24 heavy (non-hydrogen) atoms. The SMILES string of the molecule is CCCCS(=O)(=O)N1CCC[C@H]1COCc1cc(F)c(F)cc1F.